The molecule has 2 aliphatic heterocycles. The van der Waals surface area contributed by atoms with Crippen molar-refractivity contribution >= 4 is 21.6 Å². The third kappa shape index (κ3) is 3.95. The Morgan fingerprint density at radius 2 is 1.74 bits per heavy atom. The van der Waals surface area contributed by atoms with Crippen molar-refractivity contribution in [2.24, 2.45) is 0 Å². The molecule has 0 aromatic heterocycles. The number of ether oxygens (including phenoxy) is 2. The van der Waals surface area contributed by atoms with Crippen molar-refractivity contribution in [2.45, 2.75) is 31.6 Å². The lowest BCUT2D eigenvalue weighted by Crippen LogP contribution is -2.41. The fourth-order valence-corrected chi connectivity index (χ4v) is 5.73. The van der Waals surface area contributed by atoms with Crippen molar-refractivity contribution in [1.29, 1.82) is 0 Å². The summed E-state index contributed by atoms with van der Waals surface area (Å²) in [5, 5.41) is 0. The van der Waals surface area contributed by atoms with Crippen LogP contribution in [0, 0.1) is 13.8 Å². The van der Waals surface area contributed by atoms with Gasteiger partial charge in [-0.05, 0) is 61.6 Å². The van der Waals surface area contributed by atoms with Gasteiger partial charge >= 0.3 is 0 Å². The molecule has 0 saturated carbocycles. The number of rotatable bonds is 4. The molecule has 166 valence electrons. The lowest BCUT2D eigenvalue weighted by atomic mass is 9.95. The second-order valence-corrected chi connectivity index (χ2v) is 9.90. The van der Waals surface area contributed by atoms with Gasteiger partial charge in [-0.3, -0.25) is 4.79 Å². The Morgan fingerprint density at radius 1 is 1.03 bits per heavy atom. The van der Waals surface area contributed by atoms with Crippen molar-refractivity contribution in [3.8, 4) is 5.75 Å². The first-order valence-corrected chi connectivity index (χ1v) is 12.0. The summed E-state index contributed by atoms with van der Waals surface area (Å²) in [7, 11) is -2.09. The Morgan fingerprint density at radius 3 is 2.45 bits per heavy atom. The van der Waals surface area contributed by atoms with Crippen LogP contribution < -0.4 is 9.64 Å². The van der Waals surface area contributed by atoms with Crippen LogP contribution in [0.4, 0.5) is 5.69 Å². The van der Waals surface area contributed by atoms with Gasteiger partial charge in [0.1, 0.15) is 5.75 Å². The van der Waals surface area contributed by atoms with Gasteiger partial charge in [0.25, 0.3) is 5.91 Å². The zero-order chi connectivity index (χ0) is 22.2. The summed E-state index contributed by atoms with van der Waals surface area (Å²) in [4.78, 5) is 15.5. The van der Waals surface area contributed by atoms with Gasteiger partial charge in [-0.2, -0.15) is 4.31 Å². The number of fused-ring (bicyclic) bond motifs is 1. The number of amides is 1. The lowest BCUT2D eigenvalue weighted by Gasteiger charge is -2.32. The molecule has 0 unspecified atom stereocenters. The minimum absolute atomic E-state index is 0.136. The number of hydrogen-bond donors (Lipinski definition) is 0. The Balaban J connectivity index is 1.74. The van der Waals surface area contributed by atoms with Crippen LogP contribution in [0.3, 0.4) is 0 Å². The molecule has 1 amide bonds. The van der Waals surface area contributed by atoms with Crippen LogP contribution in [0.2, 0.25) is 0 Å². The molecule has 2 aromatic rings. The van der Waals surface area contributed by atoms with Crippen molar-refractivity contribution in [2.75, 3.05) is 44.9 Å². The predicted octanol–water partition coefficient (Wildman–Crippen LogP) is 2.93. The third-order valence-electron chi connectivity index (χ3n) is 6.07. The maximum Gasteiger partial charge on any atom is 0.258 e. The molecular weight excluding hydrogens is 416 g/mol. The summed E-state index contributed by atoms with van der Waals surface area (Å²) in [6.07, 6.45) is 1.73. The van der Waals surface area contributed by atoms with Crippen LogP contribution in [0.15, 0.2) is 35.2 Å². The maximum atomic E-state index is 13.7. The topological polar surface area (TPSA) is 76.2 Å². The molecule has 0 aliphatic carbocycles. The van der Waals surface area contributed by atoms with Crippen molar-refractivity contribution in [3.05, 3.63) is 52.6 Å². The highest BCUT2D eigenvalue weighted by molar-refractivity contribution is 7.89. The fraction of sp³-hybridized carbons (Fsp3) is 0.435. The second-order valence-electron chi connectivity index (χ2n) is 7.97. The summed E-state index contributed by atoms with van der Waals surface area (Å²) in [5.74, 6) is 0.449. The molecule has 7 nitrogen and oxygen atoms in total. The molecule has 0 radical (unpaired) electrons. The van der Waals surface area contributed by atoms with Gasteiger partial charge in [0.05, 0.1) is 30.9 Å². The monoisotopic (exact) mass is 444 g/mol. The van der Waals surface area contributed by atoms with Gasteiger partial charge in [-0.25, -0.2) is 8.42 Å². The molecule has 0 bridgehead atoms. The summed E-state index contributed by atoms with van der Waals surface area (Å²) >= 11 is 0. The molecule has 1 saturated heterocycles. The van der Waals surface area contributed by atoms with Crippen LogP contribution in [-0.4, -0.2) is 58.6 Å². The van der Waals surface area contributed by atoms with Gasteiger partial charge < -0.3 is 14.4 Å². The minimum atomic E-state index is -3.69. The molecule has 2 heterocycles. The van der Waals surface area contributed by atoms with E-state index in [9.17, 15) is 13.2 Å². The number of benzene rings is 2. The lowest BCUT2D eigenvalue weighted by molar-refractivity contribution is 0.0730. The molecule has 4 rings (SSSR count). The van der Waals surface area contributed by atoms with Gasteiger partial charge in [-0.1, -0.05) is 12.1 Å². The molecule has 31 heavy (non-hydrogen) atoms. The zero-order valence-corrected chi connectivity index (χ0v) is 19.0. The number of hydrogen-bond acceptors (Lipinski definition) is 5. The zero-order valence-electron chi connectivity index (χ0n) is 18.2. The van der Waals surface area contributed by atoms with Crippen LogP contribution >= 0.6 is 0 Å². The highest BCUT2D eigenvalue weighted by Crippen LogP contribution is 2.39. The highest BCUT2D eigenvalue weighted by Gasteiger charge is 2.31. The van der Waals surface area contributed by atoms with Crippen molar-refractivity contribution in [3.63, 3.8) is 0 Å². The standard InChI is InChI=1S/C23H28N2O5S/c1-16-7-9-21(29-3)22-19(16)5-4-10-25(22)23(26)20-15-18(8-6-17(20)2)31(27,28)24-11-13-30-14-12-24/h6-9,15H,4-5,10-14H2,1-3H3. The van der Waals surface area contributed by atoms with Crippen LogP contribution in [0.5, 0.6) is 5.75 Å². The molecule has 0 spiro atoms. The first-order valence-electron chi connectivity index (χ1n) is 10.5. The molecule has 1 fully saturated rings. The second kappa shape index (κ2) is 8.61. The van der Waals surface area contributed by atoms with Gasteiger partial charge in [-0.15, -0.1) is 0 Å². The quantitative estimate of drug-likeness (QED) is 0.725. The van der Waals surface area contributed by atoms with Crippen molar-refractivity contribution < 1.29 is 22.7 Å². The number of aryl methyl sites for hydroxylation is 2. The number of carbonyl (C=O) groups is 1. The Labute approximate surface area is 183 Å². The molecule has 2 aliphatic rings. The van der Waals surface area contributed by atoms with Crippen LogP contribution in [0.25, 0.3) is 0 Å². The van der Waals surface area contributed by atoms with E-state index in [-0.39, 0.29) is 10.8 Å². The van der Waals surface area contributed by atoms with Crippen LogP contribution in [-0.2, 0) is 21.2 Å². The predicted molar refractivity (Wildman–Crippen MR) is 118 cm³/mol. The van der Waals surface area contributed by atoms with E-state index in [1.165, 1.54) is 10.4 Å². The fourth-order valence-electron chi connectivity index (χ4n) is 4.29. The molecular formula is C23H28N2O5S. The number of morpholine rings is 1. The normalized spacial score (nSPS) is 17.3. The smallest absolute Gasteiger partial charge is 0.258 e. The molecule has 2 aromatic carbocycles. The van der Waals surface area contributed by atoms with E-state index in [1.54, 1.807) is 24.1 Å². The summed E-state index contributed by atoms with van der Waals surface area (Å²) < 4.78 is 38.5. The SMILES string of the molecule is COc1ccc(C)c2c1N(C(=O)c1cc(S(=O)(=O)N3CCOCC3)ccc1C)CCC2. The first kappa shape index (κ1) is 21.8. The third-order valence-corrected chi connectivity index (χ3v) is 7.97. The van der Waals surface area contributed by atoms with E-state index < -0.39 is 10.0 Å². The highest BCUT2D eigenvalue weighted by atomic mass is 32.2. The Hall–Kier alpha value is -2.42. The number of nitrogens with zero attached hydrogens (tertiary/aromatic N) is 2. The summed E-state index contributed by atoms with van der Waals surface area (Å²) in [5.41, 5.74) is 4.15. The van der Waals surface area contributed by atoms with E-state index in [0.717, 1.165) is 35.2 Å². The minimum Gasteiger partial charge on any atom is -0.495 e. The van der Waals surface area contributed by atoms with Gasteiger partial charge in [0.2, 0.25) is 10.0 Å². The molecule has 0 N–H and O–H groups in total. The summed E-state index contributed by atoms with van der Waals surface area (Å²) in [6.45, 7) is 5.81. The average molecular weight is 445 g/mol. The van der Waals surface area contributed by atoms with E-state index in [0.29, 0.717) is 44.2 Å². The molecule has 8 heteroatoms. The van der Waals surface area contributed by atoms with Gasteiger partial charge in [0.15, 0.2) is 0 Å². The van der Waals surface area contributed by atoms with E-state index in [2.05, 4.69) is 0 Å². The van der Waals surface area contributed by atoms with E-state index in [4.69, 9.17) is 9.47 Å². The number of carbonyl (C=O) groups excluding carboxylic acids is 1. The Kier molecular flexibility index (Phi) is 6.05. The summed E-state index contributed by atoms with van der Waals surface area (Å²) in [6, 6.07) is 8.68. The average Bonchev–Trinajstić information content (AvgIpc) is 2.79. The van der Waals surface area contributed by atoms with Crippen LogP contribution in [0.1, 0.15) is 33.5 Å². The number of anilines is 1. The largest absolute Gasteiger partial charge is 0.495 e. The maximum absolute atomic E-state index is 13.7. The van der Waals surface area contributed by atoms with Gasteiger partial charge in [0, 0.05) is 25.2 Å². The first-order chi connectivity index (χ1) is 14.8. The van der Waals surface area contributed by atoms with E-state index in [1.807, 2.05) is 26.0 Å². The van der Waals surface area contributed by atoms with E-state index >= 15 is 0 Å². The number of methoxy groups -OCH3 is 1. The Bertz CT molecular complexity index is 1110. The van der Waals surface area contributed by atoms with Crippen molar-refractivity contribution in [1.82, 2.24) is 4.31 Å². The number of sulfonamides is 1. The molecule has 0 atom stereocenters.